The molecule has 0 aromatic heterocycles. The van der Waals surface area contributed by atoms with Crippen LogP contribution in [0.15, 0.2) is 0 Å². The van der Waals surface area contributed by atoms with Gasteiger partial charge in [0.25, 0.3) is 5.67 Å². The molecule has 0 aliphatic rings. The lowest BCUT2D eigenvalue weighted by molar-refractivity contribution is -0.358. The van der Waals surface area contributed by atoms with Gasteiger partial charge in [0.1, 0.15) is 0 Å². The number of alkyl halides is 11. The van der Waals surface area contributed by atoms with Gasteiger partial charge in [0.15, 0.2) is 0 Å². The minimum atomic E-state index is -6.47. The standard InChI is InChI=1S/C12H14F11O/c1-7(24)6-9(14,15)11(19,20)8(13,12(21,22)23)4-2-3-5-10(16,17)18/h7,24H,1-6H2. The lowest BCUT2D eigenvalue weighted by Crippen LogP contribution is -2.63. The van der Waals surface area contributed by atoms with Gasteiger partial charge in [0, 0.05) is 12.8 Å². The fourth-order valence-corrected chi connectivity index (χ4v) is 1.88. The molecule has 24 heavy (non-hydrogen) atoms. The largest absolute Gasteiger partial charge is 0.428 e. The van der Waals surface area contributed by atoms with E-state index in [1.165, 1.54) is 0 Å². The van der Waals surface area contributed by atoms with Crippen molar-refractivity contribution in [3.05, 3.63) is 6.92 Å². The van der Waals surface area contributed by atoms with Gasteiger partial charge in [-0.05, 0) is 26.2 Å². The lowest BCUT2D eigenvalue weighted by Gasteiger charge is -2.39. The number of hydrogen-bond acceptors (Lipinski definition) is 1. The Morgan fingerprint density at radius 2 is 1.17 bits per heavy atom. The Balaban J connectivity index is 5.43. The topological polar surface area (TPSA) is 20.2 Å². The summed E-state index contributed by atoms with van der Waals surface area (Å²) in [5, 5.41) is 8.57. The molecule has 145 valence electrons. The van der Waals surface area contributed by atoms with Crippen molar-refractivity contribution in [2.24, 2.45) is 0 Å². The van der Waals surface area contributed by atoms with Gasteiger partial charge in [-0.25, -0.2) is 4.39 Å². The van der Waals surface area contributed by atoms with Crippen molar-refractivity contribution < 1.29 is 53.4 Å². The molecule has 0 aliphatic carbocycles. The van der Waals surface area contributed by atoms with Crippen molar-refractivity contribution in [1.29, 1.82) is 0 Å². The third-order valence-electron chi connectivity index (χ3n) is 3.13. The Labute approximate surface area is 129 Å². The average molecular weight is 383 g/mol. The zero-order valence-electron chi connectivity index (χ0n) is 11.9. The molecule has 0 aromatic carbocycles. The first-order chi connectivity index (χ1) is 10.4. The zero-order chi connectivity index (χ0) is 19.6. The lowest BCUT2D eigenvalue weighted by atomic mass is 9.85. The Kier molecular flexibility index (Phi) is 6.96. The summed E-state index contributed by atoms with van der Waals surface area (Å²) in [6.45, 7) is 2.50. The van der Waals surface area contributed by atoms with E-state index < -0.39 is 68.1 Å². The van der Waals surface area contributed by atoms with Gasteiger partial charge in [-0.15, -0.1) is 0 Å². The van der Waals surface area contributed by atoms with Gasteiger partial charge in [-0.2, -0.15) is 43.9 Å². The maximum Gasteiger partial charge on any atom is 0.428 e. The van der Waals surface area contributed by atoms with E-state index in [2.05, 4.69) is 6.92 Å². The predicted octanol–water partition coefficient (Wildman–Crippen LogP) is 5.24. The highest BCUT2D eigenvalue weighted by atomic mass is 19.4. The van der Waals surface area contributed by atoms with E-state index in [1.54, 1.807) is 0 Å². The quantitative estimate of drug-likeness (QED) is 0.449. The summed E-state index contributed by atoms with van der Waals surface area (Å²) in [5.74, 6) is -11.9. The maximum atomic E-state index is 13.9. The molecule has 0 aliphatic heterocycles. The molecule has 1 nitrogen and oxygen atoms in total. The fraction of sp³-hybridized carbons (Fsp3) is 0.917. The van der Waals surface area contributed by atoms with Gasteiger partial charge < -0.3 is 5.11 Å². The minimum Gasteiger partial charge on any atom is -0.393 e. The molecule has 0 fully saturated rings. The van der Waals surface area contributed by atoms with Crippen molar-refractivity contribution in [3.63, 3.8) is 0 Å². The van der Waals surface area contributed by atoms with E-state index in [0.29, 0.717) is 0 Å². The molecular formula is C12H14F11O. The summed E-state index contributed by atoms with van der Waals surface area (Å²) in [5.41, 5.74) is -5.76. The number of unbranched alkanes of at least 4 members (excludes halogenated alkanes) is 1. The summed E-state index contributed by atoms with van der Waals surface area (Å²) in [4.78, 5) is 0. The molecule has 0 bridgehead atoms. The van der Waals surface area contributed by atoms with E-state index in [0.717, 1.165) is 0 Å². The van der Waals surface area contributed by atoms with Crippen molar-refractivity contribution in [2.45, 2.75) is 68.1 Å². The molecule has 2 unspecified atom stereocenters. The maximum absolute atomic E-state index is 13.9. The van der Waals surface area contributed by atoms with E-state index >= 15 is 0 Å². The van der Waals surface area contributed by atoms with Crippen LogP contribution in [0.5, 0.6) is 0 Å². The van der Waals surface area contributed by atoms with Crippen LogP contribution in [-0.2, 0) is 0 Å². The smallest absolute Gasteiger partial charge is 0.393 e. The summed E-state index contributed by atoms with van der Waals surface area (Å²) in [7, 11) is 0. The first-order valence-electron chi connectivity index (χ1n) is 6.46. The van der Waals surface area contributed by atoms with E-state index in [9.17, 15) is 48.3 Å². The SMILES string of the molecule is [CH2]C(O)CC(F)(F)C(F)(F)C(F)(CCCCC(F)(F)F)C(F)(F)F. The number of aliphatic hydroxyl groups excluding tert-OH is 1. The monoisotopic (exact) mass is 383 g/mol. The van der Waals surface area contributed by atoms with Gasteiger partial charge in [0.2, 0.25) is 0 Å². The van der Waals surface area contributed by atoms with Crippen LogP contribution >= 0.6 is 0 Å². The van der Waals surface area contributed by atoms with Crippen molar-refractivity contribution in [2.75, 3.05) is 0 Å². The van der Waals surface area contributed by atoms with Crippen LogP contribution in [0, 0.1) is 6.92 Å². The minimum absolute atomic E-state index is 1.15. The van der Waals surface area contributed by atoms with Crippen LogP contribution in [0.2, 0.25) is 0 Å². The average Bonchev–Trinajstić information content (AvgIpc) is 2.29. The number of rotatable bonds is 8. The molecule has 1 N–H and O–H groups in total. The second-order valence-electron chi connectivity index (χ2n) is 5.26. The summed E-state index contributed by atoms with van der Waals surface area (Å²) < 4.78 is 141. The third-order valence-corrected chi connectivity index (χ3v) is 3.13. The number of aliphatic hydroxyl groups is 1. The van der Waals surface area contributed by atoms with Crippen LogP contribution in [0.3, 0.4) is 0 Å². The van der Waals surface area contributed by atoms with Crippen LogP contribution in [-0.4, -0.2) is 41.1 Å². The highest BCUT2D eigenvalue weighted by molar-refractivity contribution is 5.07. The number of halogens is 11. The second kappa shape index (κ2) is 7.20. The first kappa shape index (κ1) is 23.2. The molecule has 0 heterocycles. The molecule has 2 atom stereocenters. The van der Waals surface area contributed by atoms with E-state index in [4.69, 9.17) is 5.11 Å². The molecule has 0 spiro atoms. The summed E-state index contributed by atoms with van der Waals surface area (Å²) in [6, 6.07) is 0. The second-order valence-corrected chi connectivity index (χ2v) is 5.26. The molecule has 0 amide bonds. The summed E-state index contributed by atoms with van der Waals surface area (Å²) >= 11 is 0. The highest BCUT2D eigenvalue weighted by Crippen LogP contribution is 2.55. The molecule has 12 heteroatoms. The molecule has 0 saturated heterocycles. The summed E-state index contributed by atoms with van der Waals surface area (Å²) in [6.07, 6.45) is -22.4. The Morgan fingerprint density at radius 1 is 0.750 bits per heavy atom. The third kappa shape index (κ3) is 5.35. The van der Waals surface area contributed by atoms with Gasteiger partial charge in [-0.3, -0.25) is 0 Å². The Morgan fingerprint density at radius 3 is 1.50 bits per heavy atom. The Hall–Kier alpha value is -0.810. The zero-order valence-corrected chi connectivity index (χ0v) is 11.9. The van der Waals surface area contributed by atoms with Crippen molar-refractivity contribution in [1.82, 2.24) is 0 Å². The predicted molar refractivity (Wildman–Crippen MR) is 60.3 cm³/mol. The fourth-order valence-electron chi connectivity index (χ4n) is 1.88. The molecule has 0 rings (SSSR count). The van der Waals surface area contributed by atoms with Crippen LogP contribution < -0.4 is 0 Å². The first-order valence-corrected chi connectivity index (χ1v) is 6.46. The van der Waals surface area contributed by atoms with Crippen LogP contribution in [0.4, 0.5) is 48.3 Å². The molecule has 0 saturated carbocycles. The molecule has 1 radical (unpaired) electrons. The van der Waals surface area contributed by atoms with Crippen molar-refractivity contribution in [3.8, 4) is 0 Å². The van der Waals surface area contributed by atoms with Crippen LogP contribution in [0.25, 0.3) is 0 Å². The Bertz CT molecular complexity index is 399. The normalized spacial score (nSPS) is 18.4. The van der Waals surface area contributed by atoms with Crippen LogP contribution in [0.1, 0.15) is 32.1 Å². The van der Waals surface area contributed by atoms with Crippen molar-refractivity contribution >= 4 is 0 Å². The van der Waals surface area contributed by atoms with Gasteiger partial charge >= 0.3 is 24.2 Å². The van der Waals surface area contributed by atoms with Gasteiger partial charge in [-0.1, -0.05) is 0 Å². The highest BCUT2D eigenvalue weighted by Gasteiger charge is 2.79. The van der Waals surface area contributed by atoms with E-state index in [-0.39, 0.29) is 0 Å². The molecular weight excluding hydrogens is 369 g/mol. The molecule has 0 aromatic rings. The van der Waals surface area contributed by atoms with Gasteiger partial charge in [0.05, 0.1) is 6.10 Å². The number of hydrogen-bond donors (Lipinski definition) is 1. The van der Waals surface area contributed by atoms with E-state index in [1.807, 2.05) is 0 Å².